The normalized spacial score (nSPS) is 15.5. The summed E-state index contributed by atoms with van der Waals surface area (Å²) in [6.07, 6.45) is 6.03. The van der Waals surface area contributed by atoms with Crippen molar-refractivity contribution in [2.75, 3.05) is 0 Å². The van der Waals surface area contributed by atoms with E-state index < -0.39 is 0 Å². The van der Waals surface area contributed by atoms with Gasteiger partial charge in [-0.2, -0.15) is 0 Å². The molecule has 1 radical (unpaired) electrons. The van der Waals surface area contributed by atoms with Crippen LogP contribution in [-0.4, -0.2) is 4.57 Å². The van der Waals surface area contributed by atoms with Crippen LogP contribution in [-0.2, 0) is 19.4 Å². The minimum absolute atomic E-state index is 1.09. The van der Waals surface area contributed by atoms with E-state index in [1.807, 2.05) is 0 Å². The molecule has 0 fully saturated rings. The Hall–Kier alpha value is -1.24. The highest BCUT2D eigenvalue weighted by Crippen LogP contribution is 2.31. The number of nitrogens with zero attached hydrogens (tertiary/aromatic N) is 1. The lowest BCUT2D eigenvalue weighted by Crippen LogP contribution is -2.07. The second-order valence-electron chi connectivity index (χ2n) is 4.22. The number of rotatable bonds is 1. The molecule has 0 bridgehead atoms. The average Bonchev–Trinajstić information content (AvgIpc) is 2.63. The first-order valence-electron chi connectivity index (χ1n) is 5.82. The first kappa shape index (κ1) is 9.02. The third kappa shape index (κ3) is 1.22. The maximum absolute atomic E-state index is 2.48. The molecule has 1 aromatic heterocycles. The van der Waals surface area contributed by atoms with Crippen LogP contribution < -0.4 is 0 Å². The molecular weight excluding hydrogens is 182 g/mol. The standard InChI is InChI=1S/C14H16N/c1-2-15-13-9-5-3-7-11(13)12-8-4-6-10-14(12)15/h3-5,7,9H,2,6,8,10H2,1H3. The molecule has 1 aliphatic rings. The van der Waals surface area contributed by atoms with Gasteiger partial charge in [-0.3, -0.25) is 0 Å². The van der Waals surface area contributed by atoms with Crippen LogP contribution in [0.1, 0.15) is 24.6 Å². The largest absolute Gasteiger partial charge is 0.345 e. The molecule has 0 spiro atoms. The Labute approximate surface area is 90.7 Å². The highest BCUT2D eigenvalue weighted by atomic mass is 15.0. The summed E-state index contributed by atoms with van der Waals surface area (Å²) in [5, 5.41) is 1.46. The maximum atomic E-state index is 2.48. The molecule has 0 saturated heterocycles. The van der Waals surface area contributed by atoms with Crippen molar-refractivity contribution in [3.8, 4) is 0 Å². The van der Waals surface area contributed by atoms with E-state index >= 15 is 0 Å². The zero-order valence-electron chi connectivity index (χ0n) is 9.16. The van der Waals surface area contributed by atoms with Gasteiger partial charge >= 0.3 is 0 Å². The zero-order valence-corrected chi connectivity index (χ0v) is 9.16. The molecule has 0 unspecified atom stereocenters. The summed E-state index contributed by atoms with van der Waals surface area (Å²) in [7, 11) is 0. The third-order valence-corrected chi connectivity index (χ3v) is 3.44. The fraction of sp³-hybridized carbons (Fsp3) is 0.357. The van der Waals surface area contributed by atoms with Gasteiger partial charge in [0.15, 0.2) is 0 Å². The van der Waals surface area contributed by atoms with Crippen molar-refractivity contribution in [3.05, 3.63) is 41.9 Å². The topological polar surface area (TPSA) is 4.93 Å². The molecule has 1 nitrogen and oxygen atoms in total. The molecule has 0 aliphatic heterocycles. The molecule has 1 heteroatoms. The number of aryl methyl sites for hydroxylation is 1. The van der Waals surface area contributed by atoms with Crippen LogP contribution in [0, 0.1) is 6.42 Å². The van der Waals surface area contributed by atoms with Gasteiger partial charge in [-0.15, -0.1) is 0 Å². The van der Waals surface area contributed by atoms with Crippen LogP contribution in [0.2, 0.25) is 0 Å². The van der Waals surface area contributed by atoms with E-state index in [4.69, 9.17) is 0 Å². The fourth-order valence-electron chi connectivity index (χ4n) is 2.79. The first-order chi connectivity index (χ1) is 7.42. The lowest BCUT2D eigenvalue weighted by molar-refractivity contribution is 0.694. The van der Waals surface area contributed by atoms with Gasteiger partial charge in [-0.25, -0.2) is 0 Å². The van der Waals surface area contributed by atoms with Gasteiger partial charge in [0.2, 0.25) is 0 Å². The van der Waals surface area contributed by atoms with Crippen molar-refractivity contribution < 1.29 is 0 Å². The molecular formula is C14H16N. The molecule has 0 atom stereocenters. The lowest BCUT2D eigenvalue weighted by atomic mass is 9.96. The molecule has 15 heavy (non-hydrogen) atoms. The quantitative estimate of drug-likeness (QED) is 0.662. The van der Waals surface area contributed by atoms with Crippen molar-refractivity contribution in [1.29, 1.82) is 0 Å². The second kappa shape index (κ2) is 3.41. The molecule has 2 aromatic rings. The fourth-order valence-corrected chi connectivity index (χ4v) is 2.79. The Bertz CT molecular complexity index is 460. The van der Waals surface area contributed by atoms with Crippen LogP contribution >= 0.6 is 0 Å². The van der Waals surface area contributed by atoms with Crippen molar-refractivity contribution in [3.63, 3.8) is 0 Å². The predicted octanol–water partition coefficient (Wildman–Crippen LogP) is 3.35. The van der Waals surface area contributed by atoms with Crippen LogP contribution in [0.15, 0.2) is 24.3 Å². The summed E-state index contributed by atoms with van der Waals surface area (Å²) >= 11 is 0. The van der Waals surface area contributed by atoms with Crippen molar-refractivity contribution in [2.45, 2.75) is 32.7 Å². The summed E-state index contributed by atoms with van der Waals surface area (Å²) in [4.78, 5) is 0. The third-order valence-electron chi connectivity index (χ3n) is 3.44. The summed E-state index contributed by atoms with van der Waals surface area (Å²) in [6, 6.07) is 8.80. The Balaban J connectivity index is 2.37. The number of para-hydroxylation sites is 1. The first-order valence-corrected chi connectivity index (χ1v) is 5.82. The highest BCUT2D eigenvalue weighted by molar-refractivity contribution is 5.86. The molecule has 1 heterocycles. The number of hydrogen-bond acceptors (Lipinski definition) is 0. The molecule has 0 N–H and O–H groups in total. The minimum Gasteiger partial charge on any atom is -0.345 e. The Morgan fingerprint density at radius 3 is 3.00 bits per heavy atom. The SMILES string of the molecule is CCn1c2c(c3ccccc31)C[CH]CC2. The lowest BCUT2D eigenvalue weighted by Gasteiger charge is -2.14. The summed E-state index contributed by atoms with van der Waals surface area (Å²) < 4.78 is 2.48. The van der Waals surface area contributed by atoms with E-state index in [-0.39, 0.29) is 0 Å². The van der Waals surface area contributed by atoms with Gasteiger partial charge in [0, 0.05) is 23.1 Å². The van der Waals surface area contributed by atoms with Gasteiger partial charge in [0.1, 0.15) is 0 Å². The monoisotopic (exact) mass is 198 g/mol. The number of fused-ring (bicyclic) bond motifs is 3. The summed E-state index contributed by atoms with van der Waals surface area (Å²) in [5.74, 6) is 0. The predicted molar refractivity (Wildman–Crippen MR) is 63.9 cm³/mol. The number of aromatic nitrogens is 1. The molecule has 1 aromatic carbocycles. The Morgan fingerprint density at radius 2 is 2.13 bits per heavy atom. The molecule has 3 rings (SSSR count). The Kier molecular flexibility index (Phi) is 2.05. The van der Waals surface area contributed by atoms with E-state index in [1.54, 1.807) is 11.3 Å². The molecule has 0 amide bonds. The zero-order chi connectivity index (χ0) is 10.3. The van der Waals surface area contributed by atoms with Crippen LogP contribution in [0.3, 0.4) is 0 Å². The second-order valence-corrected chi connectivity index (χ2v) is 4.22. The van der Waals surface area contributed by atoms with Gasteiger partial charge in [-0.05, 0) is 44.2 Å². The van der Waals surface area contributed by atoms with Crippen molar-refractivity contribution in [1.82, 2.24) is 4.57 Å². The summed E-state index contributed by atoms with van der Waals surface area (Å²) in [5.41, 5.74) is 4.56. The smallest absolute Gasteiger partial charge is 0.0485 e. The van der Waals surface area contributed by atoms with Gasteiger partial charge < -0.3 is 4.57 Å². The number of benzene rings is 1. The van der Waals surface area contributed by atoms with E-state index in [1.165, 1.54) is 23.7 Å². The highest BCUT2D eigenvalue weighted by Gasteiger charge is 2.18. The molecule has 0 saturated carbocycles. The minimum atomic E-state index is 1.09. The molecule has 77 valence electrons. The summed E-state index contributed by atoms with van der Waals surface area (Å²) in [6.45, 7) is 3.33. The van der Waals surface area contributed by atoms with E-state index in [0.29, 0.717) is 0 Å². The van der Waals surface area contributed by atoms with Gasteiger partial charge in [0.25, 0.3) is 0 Å². The van der Waals surface area contributed by atoms with Crippen LogP contribution in [0.4, 0.5) is 0 Å². The van der Waals surface area contributed by atoms with Crippen molar-refractivity contribution in [2.24, 2.45) is 0 Å². The number of hydrogen-bond donors (Lipinski definition) is 0. The van der Waals surface area contributed by atoms with Crippen molar-refractivity contribution >= 4 is 10.9 Å². The average molecular weight is 198 g/mol. The van der Waals surface area contributed by atoms with E-state index in [9.17, 15) is 0 Å². The van der Waals surface area contributed by atoms with Crippen LogP contribution in [0.5, 0.6) is 0 Å². The van der Waals surface area contributed by atoms with E-state index in [2.05, 4.69) is 42.2 Å². The Morgan fingerprint density at radius 1 is 1.27 bits per heavy atom. The van der Waals surface area contributed by atoms with Gasteiger partial charge in [-0.1, -0.05) is 18.2 Å². The van der Waals surface area contributed by atoms with Gasteiger partial charge in [0.05, 0.1) is 0 Å². The van der Waals surface area contributed by atoms with Crippen LogP contribution in [0.25, 0.3) is 10.9 Å². The van der Waals surface area contributed by atoms with E-state index in [0.717, 1.165) is 13.0 Å². The maximum Gasteiger partial charge on any atom is 0.0485 e. The molecule has 1 aliphatic carbocycles.